The minimum Gasteiger partial charge on any atom is -0.495 e. The molecule has 210 valence electrons. The van der Waals surface area contributed by atoms with Crippen LogP contribution in [0.1, 0.15) is 64.9 Å². The molecule has 2 aromatic carbocycles. The number of anilines is 1. The predicted molar refractivity (Wildman–Crippen MR) is 154 cm³/mol. The summed E-state index contributed by atoms with van der Waals surface area (Å²) in [5.41, 5.74) is 4.56. The van der Waals surface area contributed by atoms with E-state index in [0.717, 1.165) is 40.9 Å². The van der Waals surface area contributed by atoms with E-state index >= 15 is 0 Å². The monoisotopic (exact) mass is 542 g/mol. The third kappa shape index (κ3) is 5.29. The maximum absolute atomic E-state index is 13.7. The van der Waals surface area contributed by atoms with Crippen LogP contribution in [0.4, 0.5) is 5.69 Å². The molecule has 0 radical (unpaired) electrons. The molecule has 0 saturated heterocycles. The quantitative estimate of drug-likeness (QED) is 0.480. The van der Waals surface area contributed by atoms with Gasteiger partial charge in [0, 0.05) is 48.3 Å². The van der Waals surface area contributed by atoms with Crippen LogP contribution in [-0.2, 0) is 14.4 Å². The summed E-state index contributed by atoms with van der Waals surface area (Å²) >= 11 is 0. The average Bonchev–Trinajstić information content (AvgIpc) is 2.88. The molecule has 7 nitrogen and oxygen atoms in total. The molecule has 0 spiro atoms. The Bertz CT molecular complexity index is 1390. The van der Waals surface area contributed by atoms with Gasteiger partial charge in [-0.3, -0.25) is 14.4 Å². The van der Waals surface area contributed by atoms with E-state index in [9.17, 15) is 14.4 Å². The molecular weight excluding hydrogens is 504 g/mol. The first-order valence-corrected chi connectivity index (χ1v) is 13.8. The molecule has 3 aliphatic rings. The number of amides is 1. The lowest BCUT2D eigenvalue weighted by molar-refractivity contribution is -0.120. The zero-order valence-corrected chi connectivity index (χ0v) is 24.2. The van der Waals surface area contributed by atoms with Gasteiger partial charge in [-0.15, -0.1) is 0 Å². The number of nitrogens with one attached hydrogen (secondary N) is 1. The zero-order valence-electron chi connectivity index (χ0n) is 24.2. The van der Waals surface area contributed by atoms with Crippen LogP contribution in [0.2, 0.25) is 0 Å². The fraction of sp³-hybridized carbons (Fsp3) is 0.424. The number of rotatable bonds is 6. The Morgan fingerprint density at radius 1 is 0.900 bits per heavy atom. The van der Waals surface area contributed by atoms with E-state index in [0.29, 0.717) is 30.0 Å². The van der Waals surface area contributed by atoms with Crippen LogP contribution in [-0.4, -0.2) is 43.1 Å². The molecule has 1 aliphatic heterocycles. The van der Waals surface area contributed by atoms with Crippen molar-refractivity contribution in [1.82, 2.24) is 4.90 Å². The number of Topliss-reactive ketones (excluding diaryl/α,β-unsaturated/α-hetero) is 2. The van der Waals surface area contributed by atoms with Gasteiger partial charge >= 0.3 is 0 Å². The van der Waals surface area contributed by atoms with Crippen molar-refractivity contribution in [3.05, 3.63) is 76.6 Å². The number of ketones is 2. The Morgan fingerprint density at radius 3 is 2.10 bits per heavy atom. The number of benzene rings is 2. The van der Waals surface area contributed by atoms with Gasteiger partial charge in [0.1, 0.15) is 11.5 Å². The van der Waals surface area contributed by atoms with Gasteiger partial charge in [0.15, 0.2) is 18.2 Å². The Morgan fingerprint density at radius 2 is 1.50 bits per heavy atom. The number of para-hydroxylation sites is 2. The molecule has 7 heteroatoms. The van der Waals surface area contributed by atoms with Crippen molar-refractivity contribution in [1.29, 1.82) is 0 Å². The third-order valence-corrected chi connectivity index (χ3v) is 8.12. The van der Waals surface area contributed by atoms with Crippen molar-refractivity contribution in [3.63, 3.8) is 0 Å². The smallest absolute Gasteiger partial charge is 0.262 e. The molecule has 40 heavy (non-hydrogen) atoms. The largest absolute Gasteiger partial charge is 0.495 e. The van der Waals surface area contributed by atoms with Crippen molar-refractivity contribution in [2.45, 2.75) is 59.3 Å². The predicted octanol–water partition coefficient (Wildman–Crippen LogP) is 6.03. The van der Waals surface area contributed by atoms with E-state index in [2.05, 4.69) is 37.9 Å². The number of carbonyl (C=O) groups is 3. The number of carbonyl (C=O) groups excluding carboxylic acids is 3. The second-order valence-electron chi connectivity index (χ2n) is 12.7. The summed E-state index contributed by atoms with van der Waals surface area (Å²) in [5.74, 6) is 0.486. The van der Waals surface area contributed by atoms with Crippen molar-refractivity contribution >= 4 is 23.2 Å². The molecule has 0 atom stereocenters. The molecule has 0 bridgehead atoms. The molecule has 2 aromatic rings. The van der Waals surface area contributed by atoms with E-state index in [1.807, 2.05) is 37.4 Å². The minimum atomic E-state index is -0.445. The fourth-order valence-corrected chi connectivity index (χ4v) is 6.36. The van der Waals surface area contributed by atoms with E-state index in [-0.39, 0.29) is 34.9 Å². The van der Waals surface area contributed by atoms with Gasteiger partial charge in [0.25, 0.3) is 5.91 Å². The van der Waals surface area contributed by atoms with Gasteiger partial charge in [0.2, 0.25) is 0 Å². The lowest BCUT2D eigenvalue weighted by Gasteiger charge is -2.47. The first-order chi connectivity index (χ1) is 18.9. The second-order valence-corrected chi connectivity index (χ2v) is 12.7. The van der Waals surface area contributed by atoms with E-state index < -0.39 is 5.92 Å². The van der Waals surface area contributed by atoms with Gasteiger partial charge in [-0.25, -0.2) is 0 Å². The van der Waals surface area contributed by atoms with Gasteiger partial charge in [-0.2, -0.15) is 0 Å². The molecule has 2 aliphatic carbocycles. The normalized spacial score (nSPS) is 20.2. The highest BCUT2D eigenvalue weighted by atomic mass is 16.5. The number of hydrogen-bond donors (Lipinski definition) is 1. The summed E-state index contributed by atoms with van der Waals surface area (Å²) in [6.45, 7) is 8.31. The van der Waals surface area contributed by atoms with Crippen LogP contribution in [0, 0.1) is 10.8 Å². The van der Waals surface area contributed by atoms with Crippen LogP contribution in [0.25, 0.3) is 0 Å². The first kappa shape index (κ1) is 27.7. The zero-order chi connectivity index (χ0) is 28.8. The Kier molecular flexibility index (Phi) is 7.11. The molecule has 0 aromatic heterocycles. The molecule has 1 heterocycles. The van der Waals surface area contributed by atoms with Crippen LogP contribution < -0.4 is 14.8 Å². The van der Waals surface area contributed by atoms with Crippen LogP contribution in [0.5, 0.6) is 11.5 Å². The lowest BCUT2D eigenvalue weighted by Crippen LogP contribution is -2.43. The van der Waals surface area contributed by atoms with Crippen LogP contribution in [0.15, 0.2) is 71.1 Å². The number of allylic oxidation sites excluding steroid dienone is 4. The molecule has 5 rings (SSSR count). The topological polar surface area (TPSA) is 84.9 Å². The maximum Gasteiger partial charge on any atom is 0.262 e. The van der Waals surface area contributed by atoms with Crippen molar-refractivity contribution in [2.75, 3.05) is 26.1 Å². The lowest BCUT2D eigenvalue weighted by atomic mass is 9.64. The van der Waals surface area contributed by atoms with Crippen LogP contribution in [0.3, 0.4) is 0 Å². The van der Waals surface area contributed by atoms with E-state index in [1.54, 1.807) is 25.3 Å². The number of ether oxygens (including phenoxy) is 2. The molecule has 1 N–H and O–H groups in total. The summed E-state index contributed by atoms with van der Waals surface area (Å²) in [6.07, 6.45) is 2.42. The standard InChI is InChI=1S/C33H38N2O5/c1-32(2)15-23-30(25(36)17-32)29(31-24(35(23)5)16-33(3,4)18-26(31)37)20-10-9-11-21(14-20)40-19-28(38)34-22-12-7-8-13-27(22)39-6/h7-14,29H,15-19H2,1-6H3,(H,34,38). The summed E-state index contributed by atoms with van der Waals surface area (Å²) in [6, 6.07) is 14.6. The molecular formula is C33H38N2O5. The Labute approximate surface area is 236 Å². The van der Waals surface area contributed by atoms with Crippen LogP contribution >= 0.6 is 0 Å². The second kappa shape index (κ2) is 10.3. The maximum atomic E-state index is 13.7. The molecule has 0 unspecified atom stereocenters. The highest BCUT2D eigenvalue weighted by Crippen LogP contribution is 2.54. The van der Waals surface area contributed by atoms with Gasteiger partial charge in [0.05, 0.1) is 12.8 Å². The van der Waals surface area contributed by atoms with Crippen molar-refractivity contribution < 1.29 is 23.9 Å². The summed E-state index contributed by atoms with van der Waals surface area (Å²) in [7, 11) is 3.55. The number of hydrogen-bond acceptors (Lipinski definition) is 6. The van der Waals surface area contributed by atoms with E-state index in [4.69, 9.17) is 9.47 Å². The Hall–Kier alpha value is -3.87. The first-order valence-electron chi connectivity index (χ1n) is 13.8. The SMILES string of the molecule is COc1ccccc1NC(=O)COc1cccc(C2C3=C(CC(C)(C)CC3=O)N(C)C3=C2C(=O)CC(C)(C)C3)c1. The van der Waals surface area contributed by atoms with Crippen molar-refractivity contribution in [3.8, 4) is 11.5 Å². The highest BCUT2D eigenvalue weighted by Gasteiger charge is 2.48. The number of nitrogens with zero attached hydrogens (tertiary/aromatic N) is 1. The minimum absolute atomic E-state index is 0.0924. The molecule has 0 saturated carbocycles. The van der Waals surface area contributed by atoms with Gasteiger partial charge in [-0.1, -0.05) is 52.0 Å². The average molecular weight is 543 g/mol. The number of methoxy groups -OCH3 is 1. The third-order valence-electron chi connectivity index (χ3n) is 8.12. The van der Waals surface area contributed by atoms with Gasteiger partial charge in [-0.05, 0) is 53.5 Å². The van der Waals surface area contributed by atoms with Crippen molar-refractivity contribution in [2.24, 2.45) is 10.8 Å². The summed E-state index contributed by atoms with van der Waals surface area (Å²) < 4.78 is 11.2. The van der Waals surface area contributed by atoms with Gasteiger partial charge < -0.3 is 19.7 Å². The molecule has 0 fully saturated rings. The van der Waals surface area contributed by atoms with E-state index in [1.165, 1.54) is 0 Å². The fourth-order valence-electron chi connectivity index (χ4n) is 6.36. The summed E-state index contributed by atoms with van der Waals surface area (Å²) in [4.78, 5) is 42.2. The molecule has 1 amide bonds. The summed E-state index contributed by atoms with van der Waals surface area (Å²) in [5, 5.41) is 2.82. The Balaban J connectivity index is 1.47. The highest BCUT2D eigenvalue weighted by molar-refractivity contribution is 6.06.